The van der Waals surface area contributed by atoms with Gasteiger partial charge >= 0.3 is 0 Å². The lowest BCUT2D eigenvalue weighted by Gasteiger charge is -2.31. The number of likely N-dealkylation sites (tertiary alicyclic amines) is 1. The second kappa shape index (κ2) is 8.30. The molecule has 1 heterocycles. The fraction of sp³-hybridized carbons (Fsp3) is 0.316. The average molecular weight is 426 g/mol. The number of rotatable bonds is 4. The van der Waals surface area contributed by atoms with Gasteiger partial charge in [-0.2, -0.15) is 0 Å². The highest BCUT2D eigenvalue weighted by Gasteiger charge is 2.25. The number of nitrogens with one attached hydrogen (secondary N) is 1. The first-order valence-electron chi connectivity index (χ1n) is 8.24. The van der Waals surface area contributed by atoms with Crippen molar-refractivity contribution in [3.63, 3.8) is 0 Å². The van der Waals surface area contributed by atoms with Gasteiger partial charge in [-0.25, -0.2) is 4.39 Å². The summed E-state index contributed by atoms with van der Waals surface area (Å²) < 4.78 is 14.3. The molecule has 3 nitrogen and oxygen atoms in total. The Kier molecular flexibility index (Phi) is 6.10. The van der Waals surface area contributed by atoms with Crippen LogP contribution in [0.25, 0.3) is 0 Å². The summed E-state index contributed by atoms with van der Waals surface area (Å²) in [6, 6.07) is 12.5. The Balaban J connectivity index is 1.51. The molecule has 1 aliphatic rings. The smallest absolute Gasteiger partial charge is 0.227 e. The van der Waals surface area contributed by atoms with E-state index < -0.39 is 5.82 Å². The second-order valence-electron chi connectivity index (χ2n) is 6.30. The Morgan fingerprint density at radius 3 is 2.68 bits per heavy atom. The van der Waals surface area contributed by atoms with Gasteiger partial charge in [-0.1, -0.05) is 39.7 Å². The number of anilines is 1. The summed E-state index contributed by atoms with van der Waals surface area (Å²) in [7, 11) is 0. The molecule has 1 amide bonds. The molecule has 2 aromatic rings. The van der Waals surface area contributed by atoms with Crippen LogP contribution in [-0.2, 0) is 11.3 Å². The maximum Gasteiger partial charge on any atom is 0.227 e. The van der Waals surface area contributed by atoms with E-state index in [1.165, 1.54) is 23.8 Å². The predicted octanol–water partition coefficient (Wildman–Crippen LogP) is 5.09. The molecule has 2 aromatic carbocycles. The lowest BCUT2D eigenvalue weighted by Crippen LogP contribution is -2.37. The van der Waals surface area contributed by atoms with E-state index in [1.54, 1.807) is 0 Å². The molecule has 6 heteroatoms. The summed E-state index contributed by atoms with van der Waals surface area (Å²) in [6.45, 7) is 2.66. The van der Waals surface area contributed by atoms with Crippen molar-refractivity contribution >= 4 is 39.1 Å². The standard InChI is InChI=1S/C19H19BrClFN2O/c20-15-3-1-2-13(10-15)12-24-8-6-14(7-9-24)19(25)23-16-4-5-18(22)17(21)11-16/h1-5,10-11,14H,6-9,12H2,(H,23,25). The molecule has 1 N–H and O–H groups in total. The zero-order valence-electron chi connectivity index (χ0n) is 13.6. The molecule has 1 aliphatic heterocycles. The average Bonchev–Trinajstić information content (AvgIpc) is 2.59. The van der Waals surface area contributed by atoms with Crippen molar-refractivity contribution in [2.24, 2.45) is 5.92 Å². The van der Waals surface area contributed by atoms with Crippen molar-refractivity contribution in [2.45, 2.75) is 19.4 Å². The molecule has 0 radical (unpaired) electrons. The van der Waals surface area contributed by atoms with E-state index in [0.717, 1.165) is 36.9 Å². The molecule has 0 aliphatic carbocycles. The molecule has 132 valence electrons. The first-order valence-corrected chi connectivity index (χ1v) is 9.41. The number of amides is 1. The van der Waals surface area contributed by atoms with Crippen molar-refractivity contribution in [3.8, 4) is 0 Å². The van der Waals surface area contributed by atoms with E-state index >= 15 is 0 Å². The molecule has 0 atom stereocenters. The minimum Gasteiger partial charge on any atom is -0.326 e. The van der Waals surface area contributed by atoms with Gasteiger partial charge in [0, 0.05) is 22.6 Å². The lowest BCUT2D eigenvalue weighted by molar-refractivity contribution is -0.121. The summed E-state index contributed by atoms with van der Waals surface area (Å²) in [5.74, 6) is -0.534. The highest BCUT2D eigenvalue weighted by molar-refractivity contribution is 9.10. The van der Waals surface area contributed by atoms with Gasteiger partial charge in [0.15, 0.2) is 0 Å². The van der Waals surface area contributed by atoms with Gasteiger partial charge in [0.05, 0.1) is 5.02 Å². The van der Waals surface area contributed by atoms with E-state index in [9.17, 15) is 9.18 Å². The Morgan fingerprint density at radius 2 is 2.00 bits per heavy atom. The van der Waals surface area contributed by atoms with Gasteiger partial charge < -0.3 is 5.32 Å². The van der Waals surface area contributed by atoms with Crippen molar-refractivity contribution in [2.75, 3.05) is 18.4 Å². The van der Waals surface area contributed by atoms with Gasteiger partial charge in [0.25, 0.3) is 0 Å². The fourth-order valence-electron chi connectivity index (χ4n) is 3.06. The predicted molar refractivity (Wildman–Crippen MR) is 102 cm³/mol. The van der Waals surface area contributed by atoms with Gasteiger partial charge in [-0.05, 0) is 61.8 Å². The first kappa shape index (κ1) is 18.4. The maximum atomic E-state index is 13.2. The zero-order chi connectivity index (χ0) is 17.8. The number of hydrogen-bond acceptors (Lipinski definition) is 2. The van der Waals surface area contributed by atoms with Crippen molar-refractivity contribution in [3.05, 3.63) is 63.3 Å². The zero-order valence-corrected chi connectivity index (χ0v) is 16.0. The van der Waals surface area contributed by atoms with Crippen molar-refractivity contribution in [1.29, 1.82) is 0 Å². The van der Waals surface area contributed by atoms with Crippen LogP contribution in [-0.4, -0.2) is 23.9 Å². The molecule has 0 bridgehead atoms. The van der Waals surface area contributed by atoms with Crippen molar-refractivity contribution in [1.82, 2.24) is 4.90 Å². The monoisotopic (exact) mass is 424 g/mol. The van der Waals surface area contributed by atoms with Crippen LogP contribution < -0.4 is 5.32 Å². The molecule has 25 heavy (non-hydrogen) atoms. The minimum atomic E-state index is -0.486. The minimum absolute atomic E-state index is 0.0154. The molecule has 0 spiro atoms. The van der Waals surface area contributed by atoms with Crippen LogP contribution in [0.5, 0.6) is 0 Å². The topological polar surface area (TPSA) is 32.3 Å². The SMILES string of the molecule is O=C(Nc1ccc(F)c(Cl)c1)C1CCN(Cc2cccc(Br)c2)CC1. The van der Waals surface area contributed by atoms with E-state index in [-0.39, 0.29) is 16.8 Å². The molecule has 0 aromatic heterocycles. The van der Waals surface area contributed by atoms with Gasteiger partial charge in [0.2, 0.25) is 5.91 Å². The van der Waals surface area contributed by atoms with E-state index in [2.05, 4.69) is 38.3 Å². The third kappa shape index (κ3) is 5.03. The quantitative estimate of drug-likeness (QED) is 0.740. The number of carbonyl (C=O) groups is 1. The number of hydrogen-bond donors (Lipinski definition) is 1. The largest absolute Gasteiger partial charge is 0.326 e. The fourth-order valence-corrected chi connectivity index (χ4v) is 3.69. The normalized spacial score (nSPS) is 16.0. The van der Waals surface area contributed by atoms with Crippen LogP contribution in [0.4, 0.5) is 10.1 Å². The van der Waals surface area contributed by atoms with Gasteiger partial charge in [-0.3, -0.25) is 9.69 Å². The molecular weight excluding hydrogens is 407 g/mol. The van der Waals surface area contributed by atoms with E-state index in [4.69, 9.17) is 11.6 Å². The molecule has 1 fully saturated rings. The summed E-state index contributed by atoms with van der Waals surface area (Å²) >= 11 is 9.25. The molecule has 0 unspecified atom stereocenters. The Bertz CT molecular complexity index is 763. The third-order valence-electron chi connectivity index (χ3n) is 4.44. The Hall–Kier alpha value is -1.43. The van der Waals surface area contributed by atoms with Crippen LogP contribution in [0.3, 0.4) is 0 Å². The number of carbonyl (C=O) groups excluding carboxylic acids is 1. The Morgan fingerprint density at radius 1 is 1.24 bits per heavy atom. The number of halogens is 3. The second-order valence-corrected chi connectivity index (χ2v) is 7.62. The van der Waals surface area contributed by atoms with Crippen molar-refractivity contribution < 1.29 is 9.18 Å². The number of piperidine rings is 1. The van der Waals surface area contributed by atoms with Crippen LogP contribution in [0.1, 0.15) is 18.4 Å². The van der Waals surface area contributed by atoms with E-state index in [1.807, 2.05) is 12.1 Å². The maximum absolute atomic E-state index is 13.2. The highest BCUT2D eigenvalue weighted by atomic mass is 79.9. The summed E-state index contributed by atoms with van der Waals surface area (Å²) in [6.07, 6.45) is 1.63. The van der Waals surface area contributed by atoms with Gasteiger partial charge in [0.1, 0.15) is 5.82 Å². The van der Waals surface area contributed by atoms with Crippen LogP contribution in [0, 0.1) is 11.7 Å². The molecule has 1 saturated heterocycles. The number of nitrogens with zero attached hydrogens (tertiary/aromatic N) is 1. The van der Waals surface area contributed by atoms with Gasteiger partial charge in [-0.15, -0.1) is 0 Å². The summed E-state index contributed by atoms with van der Waals surface area (Å²) in [5.41, 5.74) is 1.80. The summed E-state index contributed by atoms with van der Waals surface area (Å²) in [4.78, 5) is 14.8. The van der Waals surface area contributed by atoms with E-state index in [0.29, 0.717) is 5.69 Å². The summed E-state index contributed by atoms with van der Waals surface area (Å²) in [5, 5.41) is 2.85. The molecule has 0 saturated carbocycles. The lowest BCUT2D eigenvalue weighted by atomic mass is 9.95. The Labute approximate surface area is 160 Å². The van der Waals surface area contributed by atoms with Crippen LogP contribution in [0.2, 0.25) is 5.02 Å². The molecule has 3 rings (SSSR count). The highest BCUT2D eigenvalue weighted by Crippen LogP contribution is 2.24. The van der Waals surface area contributed by atoms with Crippen LogP contribution in [0.15, 0.2) is 46.9 Å². The van der Waals surface area contributed by atoms with Crippen LogP contribution >= 0.6 is 27.5 Å². The molecular formula is C19H19BrClFN2O. The first-order chi connectivity index (χ1) is 12.0. The third-order valence-corrected chi connectivity index (χ3v) is 5.22. The number of benzene rings is 2.